The second kappa shape index (κ2) is 6.46. The lowest BCUT2D eigenvalue weighted by molar-refractivity contribution is 0.383. The molecule has 1 saturated heterocycles. The van der Waals surface area contributed by atoms with E-state index in [-0.39, 0.29) is 10.6 Å². The van der Waals surface area contributed by atoms with Crippen LogP contribution in [0.3, 0.4) is 0 Å². The zero-order chi connectivity index (χ0) is 19.2. The van der Waals surface area contributed by atoms with E-state index < -0.39 is 10.0 Å². The number of nitrogens with one attached hydrogen (secondary N) is 2. The minimum absolute atomic E-state index is 0.174. The van der Waals surface area contributed by atoms with Crippen molar-refractivity contribution in [3.63, 3.8) is 0 Å². The number of H-pyrrole nitrogens is 2. The van der Waals surface area contributed by atoms with Crippen molar-refractivity contribution < 1.29 is 8.42 Å². The van der Waals surface area contributed by atoms with Gasteiger partial charge in [-0.25, -0.2) is 23.2 Å². The maximum Gasteiger partial charge on any atom is 0.323 e. The summed E-state index contributed by atoms with van der Waals surface area (Å²) in [6.45, 7) is 5.63. The number of hydrogen-bond donors (Lipinski definition) is 2. The first-order valence-corrected chi connectivity index (χ1v) is 10.1. The van der Waals surface area contributed by atoms with Crippen LogP contribution in [0.15, 0.2) is 34.1 Å². The van der Waals surface area contributed by atoms with Crippen LogP contribution in [0.1, 0.15) is 11.4 Å². The summed E-state index contributed by atoms with van der Waals surface area (Å²) in [4.78, 5) is 27.5. The van der Waals surface area contributed by atoms with Crippen LogP contribution in [0.5, 0.6) is 0 Å². The van der Waals surface area contributed by atoms with Crippen molar-refractivity contribution in [1.82, 2.24) is 24.2 Å². The van der Waals surface area contributed by atoms with Crippen LogP contribution in [0.25, 0.3) is 11.0 Å². The van der Waals surface area contributed by atoms with Crippen LogP contribution in [-0.2, 0) is 10.0 Å². The van der Waals surface area contributed by atoms with Gasteiger partial charge < -0.3 is 14.9 Å². The van der Waals surface area contributed by atoms with Gasteiger partial charge in [-0.1, -0.05) is 0 Å². The molecule has 10 heteroatoms. The minimum Gasteiger partial charge on any atom is -0.354 e. The molecule has 142 valence electrons. The van der Waals surface area contributed by atoms with Crippen LogP contribution in [0, 0.1) is 13.8 Å². The summed E-state index contributed by atoms with van der Waals surface area (Å²) >= 11 is 0. The van der Waals surface area contributed by atoms with Crippen LogP contribution in [0.2, 0.25) is 0 Å². The van der Waals surface area contributed by atoms with Crippen molar-refractivity contribution in [2.75, 3.05) is 31.1 Å². The number of aromatic amines is 2. The Morgan fingerprint density at radius 1 is 1.04 bits per heavy atom. The minimum atomic E-state index is -3.63. The molecule has 1 fully saturated rings. The summed E-state index contributed by atoms with van der Waals surface area (Å²) in [6.07, 6.45) is 1.79. The van der Waals surface area contributed by atoms with Crippen LogP contribution in [-0.4, -0.2) is 58.8 Å². The summed E-state index contributed by atoms with van der Waals surface area (Å²) in [5.41, 5.74) is 1.67. The van der Waals surface area contributed by atoms with Gasteiger partial charge >= 0.3 is 5.69 Å². The van der Waals surface area contributed by atoms with Crippen molar-refractivity contribution in [3.8, 4) is 0 Å². The molecule has 1 aromatic carbocycles. The van der Waals surface area contributed by atoms with Gasteiger partial charge in [0.2, 0.25) is 10.0 Å². The third kappa shape index (κ3) is 3.21. The molecule has 9 nitrogen and oxygen atoms in total. The van der Waals surface area contributed by atoms with Gasteiger partial charge in [-0.2, -0.15) is 4.31 Å². The Kier molecular flexibility index (Phi) is 4.23. The molecule has 1 aliphatic heterocycles. The Labute approximate surface area is 156 Å². The number of imidazole rings is 1. The second-order valence-corrected chi connectivity index (χ2v) is 8.54. The quantitative estimate of drug-likeness (QED) is 0.685. The molecule has 0 spiro atoms. The van der Waals surface area contributed by atoms with Crippen LogP contribution < -0.4 is 10.6 Å². The standard InChI is InChI=1S/C17H20N6O3S/c1-11-10-18-12(2)19-16(11)22-5-7-23(8-6-22)27(25,26)13-3-4-14-15(9-13)21-17(24)20-14/h3-4,9-10H,5-8H2,1-2H3,(H2,20,21,24). The average Bonchev–Trinajstić information content (AvgIpc) is 3.03. The lowest BCUT2D eigenvalue weighted by atomic mass is 10.3. The maximum atomic E-state index is 13.0. The molecule has 4 rings (SSSR count). The Morgan fingerprint density at radius 3 is 2.48 bits per heavy atom. The first kappa shape index (κ1) is 17.7. The van der Waals surface area contributed by atoms with E-state index in [2.05, 4.69) is 24.8 Å². The van der Waals surface area contributed by atoms with E-state index in [0.717, 1.165) is 11.4 Å². The predicted molar refractivity (Wildman–Crippen MR) is 101 cm³/mol. The van der Waals surface area contributed by atoms with Crippen molar-refractivity contribution in [2.45, 2.75) is 18.7 Å². The summed E-state index contributed by atoms with van der Waals surface area (Å²) in [5, 5.41) is 0. The molecule has 0 amide bonds. The molecule has 2 N–H and O–H groups in total. The Balaban J connectivity index is 1.55. The number of benzene rings is 1. The Hall–Kier alpha value is -2.72. The van der Waals surface area contributed by atoms with E-state index in [1.807, 2.05) is 13.8 Å². The molecule has 0 saturated carbocycles. The summed E-state index contributed by atoms with van der Waals surface area (Å²) in [6, 6.07) is 4.61. The van der Waals surface area contributed by atoms with Gasteiger partial charge in [0.05, 0.1) is 15.9 Å². The third-order valence-electron chi connectivity index (χ3n) is 4.73. The van der Waals surface area contributed by atoms with E-state index >= 15 is 0 Å². The largest absolute Gasteiger partial charge is 0.354 e. The number of hydrogen-bond acceptors (Lipinski definition) is 6. The van der Waals surface area contributed by atoms with Crippen molar-refractivity contribution in [2.24, 2.45) is 0 Å². The summed E-state index contributed by atoms with van der Waals surface area (Å²) < 4.78 is 27.4. The smallest absolute Gasteiger partial charge is 0.323 e. The SMILES string of the molecule is Cc1ncc(C)c(N2CCN(S(=O)(=O)c3ccc4[nH]c(=O)[nH]c4c3)CC2)n1. The van der Waals surface area contributed by atoms with E-state index in [9.17, 15) is 13.2 Å². The second-order valence-electron chi connectivity index (χ2n) is 6.60. The van der Waals surface area contributed by atoms with E-state index in [1.165, 1.54) is 16.4 Å². The number of sulfonamides is 1. The molecule has 0 unspecified atom stereocenters. The first-order chi connectivity index (χ1) is 12.8. The number of rotatable bonds is 3. The number of aromatic nitrogens is 4. The molecule has 3 heterocycles. The molecule has 0 radical (unpaired) electrons. The van der Waals surface area contributed by atoms with Crippen LogP contribution in [0.4, 0.5) is 5.82 Å². The highest BCUT2D eigenvalue weighted by Crippen LogP contribution is 2.23. The fourth-order valence-corrected chi connectivity index (χ4v) is 4.75. The van der Waals surface area contributed by atoms with Crippen molar-refractivity contribution in [1.29, 1.82) is 0 Å². The summed E-state index contributed by atoms with van der Waals surface area (Å²) in [7, 11) is -3.63. The normalized spacial score (nSPS) is 16.1. The van der Waals surface area contributed by atoms with Gasteiger partial charge in [-0.3, -0.25) is 0 Å². The van der Waals surface area contributed by atoms with Gasteiger partial charge in [0.25, 0.3) is 0 Å². The fraction of sp³-hybridized carbons (Fsp3) is 0.353. The topological polar surface area (TPSA) is 115 Å². The Bertz CT molecular complexity index is 1160. The number of aryl methyl sites for hydroxylation is 2. The van der Waals surface area contributed by atoms with E-state index in [1.54, 1.807) is 12.3 Å². The molecule has 1 aliphatic rings. The van der Waals surface area contributed by atoms with Gasteiger partial charge in [0.1, 0.15) is 11.6 Å². The predicted octanol–water partition coefficient (Wildman–Crippen LogP) is 0.774. The van der Waals surface area contributed by atoms with E-state index in [4.69, 9.17) is 0 Å². The van der Waals surface area contributed by atoms with Crippen LogP contribution >= 0.6 is 0 Å². The van der Waals surface area contributed by atoms with Gasteiger partial charge in [0.15, 0.2) is 0 Å². The monoisotopic (exact) mass is 388 g/mol. The third-order valence-corrected chi connectivity index (χ3v) is 6.62. The molecule has 0 aliphatic carbocycles. The van der Waals surface area contributed by atoms with Crippen molar-refractivity contribution in [3.05, 3.63) is 46.3 Å². The highest BCUT2D eigenvalue weighted by molar-refractivity contribution is 7.89. The number of piperazine rings is 1. The summed E-state index contributed by atoms with van der Waals surface area (Å²) in [5.74, 6) is 1.55. The molecule has 3 aromatic rings. The van der Waals surface area contributed by atoms with Gasteiger partial charge in [0, 0.05) is 37.9 Å². The number of nitrogens with zero attached hydrogens (tertiary/aromatic N) is 4. The molecular formula is C17H20N6O3S. The highest BCUT2D eigenvalue weighted by Gasteiger charge is 2.29. The van der Waals surface area contributed by atoms with E-state index in [0.29, 0.717) is 43.0 Å². The zero-order valence-corrected chi connectivity index (χ0v) is 15.9. The molecule has 0 bridgehead atoms. The number of anilines is 1. The molecule has 27 heavy (non-hydrogen) atoms. The number of fused-ring (bicyclic) bond motifs is 1. The van der Waals surface area contributed by atoms with Gasteiger partial charge in [-0.05, 0) is 32.0 Å². The maximum absolute atomic E-state index is 13.0. The fourth-order valence-electron chi connectivity index (χ4n) is 3.30. The Morgan fingerprint density at radius 2 is 1.74 bits per heavy atom. The van der Waals surface area contributed by atoms with Crippen molar-refractivity contribution >= 4 is 26.9 Å². The highest BCUT2D eigenvalue weighted by atomic mass is 32.2. The molecule has 2 aromatic heterocycles. The molecule has 0 atom stereocenters. The lowest BCUT2D eigenvalue weighted by Gasteiger charge is -2.35. The molecular weight excluding hydrogens is 368 g/mol. The average molecular weight is 388 g/mol. The zero-order valence-electron chi connectivity index (χ0n) is 15.1. The lowest BCUT2D eigenvalue weighted by Crippen LogP contribution is -2.49. The first-order valence-electron chi connectivity index (χ1n) is 8.62. The van der Waals surface area contributed by atoms with Gasteiger partial charge in [-0.15, -0.1) is 0 Å².